The Hall–Kier alpha value is -1.47. The number of carbonyl (C=O) groups excluding carboxylic acids is 1. The molecule has 0 bridgehead atoms. The molecule has 106 valence electrons. The number of hydrogen-bond donors (Lipinski definition) is 3. The molecule has 0 aromatic carbocycles. The molecule has 0 aliphatic heterocycles. The van der Waals surface area contributed by atoms with Crippen molar-refractivity contribution in [3.63, 3.8) is 0 Å². The van der Waals surface area contributed by atoms with E-state index < -0.39 is 30.6 Å². The molecule has 0 aromatic heterocycles. The van der Waals surface area contributed by atoms with Gasteiger partial charge in [0.15, 0.2) is 0 Å². The van der Waals surface area contributed by atoms with Crippen LogP contribution in [-0.4, -0.2) is 35.9 Å². The highest BCUT2D eigenvalue weighted by atomic mass is 19.4. The summed E-state index contributed by atoms with van der Waals surface area (Å²) >= 11 is 0. The van der Waals surface area contributed by atoms with Crippen LogP contribution in [0.2, 0.25) is 0 Å². The van der Waals surface area contributed by atoms with E-state index in [4.69, 9.17) is 5.11 Å². The lowest BCUT2D eigenvalue weighted by Gasteiger charge is -2.18. The fraction of sp³-hybridized carbons (Fsp3) is 0.800. The van der Waals surface area contributed by atoms with Crippen LogP contribution >= 0.6 is 0 Å². The predicted octanol–water partition coefficient (Wildman–Crippen LogP) is 1.74. The van der Waals surface area contributed by atoms with Crippen molar-refractivity contribution in [2.24, 2.45) is 5.92 Å². The van der Waals surface area contributed by atoms with Crippen LogP contribution in [0.5, 0.6) is 0 Å². The number of urea groups is 1. The van der Waals surface area contributed by atoms with Crippen LogP contribution in [0.3, 0.4) is 0 Å². The second-order valence-electron chi connectivity index (χ2n) is 4.18. The molecule has 2 amide bonds. The van der Waals surface area contributed by atoms with Crippen LogP contribution in [0.4, 0.5) is 18.0 Å². The monoisotopic (exact) mass is 270 g/mol. The van der Waals surface area contributed by atoms with Gasteiger partial charge in [0, 0.05) is 13.0 Å². The third-order valence-electron chi connectivity index (χ3n) is 2.14. The van der Waals surface area contributed by atoms with E-state index in [2.05, 4.69) is 10.6 Å². The van der Waals surface area contributed by atoms with Gasteiger partial charge in [0.2, 0.25) is 0 Å². The third-order valence-corrected chi connectivity index (χ3v) is 2.14. The lowest BCUT2D eigenvalue weighted by atomic mass is 10.1. The number of carboxylic acids is 1. The summed E-state index contributed by atoms with van der Waals surface area (Å²) in [4.78, 5) is 22.0. The van der Waals surface area contributed by atoms with E-state index in [1.165, 1.54) is 0 Å². The maximum absolute atomic E-state index is 11.8. The van der Waals surface area contributed by atoms with Gasteiger partial charge in [-0.25, -0.2) is 9.59 Å². The van der Waals surface area contributed by atoms with Crippen LogP contribution in [0.15, 0.2) is 0 Å². The van der Waals surface area contributed by atoms with E-state index in [9.17, 15) is 22.8 Å². The topological polar surface area (TPSA) is 78.4 Å². The number of alkyl halides is 3. The highest BCUT2D eigenvalue weighted by Crippen LogP contribution is 2.20. The molecule has 8 heteroatoms. The third kappa shape index (κ3) is 7.75. The zero-order chi connectivity index (χ0) is 14.3. The van der Waals surface area contributed by atoms with E-state index in [1.54, 1.807) is 13.8 Å². The van der Waals surface area contributed by atoms with Gasteiger partial charge in [-0.3, -0.25) is 0 Å². The number of hydrogen-bond acceptors (Lipinski definition) is 2. The highest BCUT2D eigenvalue weighted by Gasteiger charge is 2.26. The molecule has 0 saturated heterocycles. The largest absolute Gasteiger partial charge is 0.480 e. The standard InChI is InChI=1S/C10H17F3N2O3/c1-6(2)7(8(16)17)15-9(18)14-5-3-4-10(11,12)13/h6-7H,3-5H2,1-2H3,(H,16,17)(H2,14,15,18)/t7-/m1/s1. The first-order valence-corrected chi connectivity index (χ1v) is 5.47. The Morgan fingerprint density at radius 1 is 1.28 bits per heavy atom. The summed E-state index contributed by atoms with van der Waals surface area (Å²) < 4.78 is 35.4. The fourth-order valence-electron chi connectivity index (χ4n) is 1.20. The average molecular weight is 270 g/mol. The lowest BCUT2D eigenvalue weighted by Crippen LogP contribution is -2.48. The number of aliphatic carboxylic acids is 1. The Morgan fingerprint density at radius 2 is 1.83 bits per heavy atom. The summed E-state index contributed by atoms with van der Waals surface area (Å²) in [5.74, 6) is -1.50. The van der Waals surface area contributed by atoms with Crippen molar-refractivity contribution in [3.8, 4) is 0 Å². The molecule has 0 aliphatic carbocycles. The molecule has 0 unspecified atom stereocenters. The van der Waals surface area contributed by atoms with Crippen molar-refractivity contribution < 1.29 is 27.9 Å². The van der Waals surface area contributed by atoms with Crippen molar-refractivity contribution in [1.29, 1.82) is 0 Å². The van der Waals surface area contributed by atoms with Crippen molar-refractivity contribution in [1.82, 2.24) is 10.6 Å². The number of carboxylic acid groups (broad SMARTS) is 1. The van der Waals surface area contributed by atoms with E-state index in [1.807, 2.05) is 0 Å². The number of amides is 2. The number of halogens is 3. The summed E-state index contributed by atoms with van der Waals surface area (Å²) in [6.07, 6.45) is -5.48. The molecule has 18 heavy (non-hydrogen) atoms. The molecular weight excluding hydrogens is 253 g/mol. The van der Waals surface area contributed by atoms with Crippen molar-refractivity contribution >= 4 is 12.0 Å². The predicted molar refractivity (Wildman–Crippen MR) is 58.1 cm³/mol. The first-order valence-electron chi connectivity index (χ1n) is 5.47. The Morgan fingerprint density at radius 3 is 2.22 bits per heavy atom. The number of nitrogens with one attached hydrogen (secondary N) is 2. The normalized spacial score (nSPS) is 13.2. The van der Waals surface area contributed by atoms with Crippen molar-refractivity contribution in [2.75, 3.05) is 6.54 Å². The molecule has 0 fully saturated rings. The summed E-state index contributed by atoms with van der Waals surface area (Å²) in [5, 5.41) is 13.1. The quantitative estimate of drug-likeness (QED) is 0.643. The maximum atomic E-state index is 11.8. The van der Waals surface area contributed by atoms with Gasteiger partial charge in [-0.1, -0.05) is 13.8 Å². The molecule has 5 nitrogen and oxygen atoms in total. The van der Waals surface area contributed by atoms with Gasteiger partial charge in [-0.05, 0) is 12.3 Å². The zero-order valence-electron chi connectivity index (χ0n) is 10.2. The second-order valence-corrected chi connectivity index (χ2v) is 4.18. The summed E-state index contributed by atoms with van der Waals surface area (Å²) in [5.41, 5.74) is 0. The van der Waals surface area contributed by atoms with E-state index in [0.29, 0.717) is 0 Å². The number of rotatable bonds is 6. The van der Waals surface area contributed by atoms with E-state index >= 15 is 0 Å². The van der Waals surface area contributed by atoms with Crippen molar-refractivity contribution in [2.45, 2.75) is 38.9 Å². The molecule has 0 aliphatic rings. The summed E-state index contributed by atoms with van der Waals surface area (Å²) in [6.45, 7) is 3.07. The molecule has 3 N–H and O–H groups in total. The van der Waals surface area contributed by atoms with Gasteiger partial charge >= 0.3 is 18.2 Å². The van der Waals surface area contributed by atoms with Gasteiger partial charge in [-0.2, -0.15) is 13.2 Å². The first kappa shape index (κ1) is 16.5. The molecule has 0 saturated carbocycles. The van der Waals surface area contributed by atoms with Crippen LogP contribution in [0.1, 0.15) is 26.7 Å². The number of carbonyl (C=O) groups is 2. The minimum Gasteiger partial charge on any atom is -0.480 e. The SMILES string of the molecule is CC(C)[C@@H](NC(=O)NCCCC(F)(F)F)C(=O)O. The highest BCUT2D eigenvalue weighted by molar-refractivity contribution is 5.82. The molecule has 0 spiro atoms. The fourth-order valence-corrected chi connectivity index (χ4v) is 1.20. The van der Waals surface area contributed by atoms with Crippen molar-refractivity contribution in [3.05, 3.63) is 0 Å². The Kier molecular flexibility index (Phi) is 6.50. The average Bonchev–Trinajstić information content (AvgIpc) is 2.18. The Labute approximate surface area is 103 Å². The molecular formula is C10H17F3N2O3. The van der Waals surface area contributed by atoms with Gasteiger partial charge < -0.3 is 15.7 Å². The molecule has 0 aromatic rings. The second kappa shape index (κ2) is 7.07. The summed E-state index contributed by atoms with van der Waals surface area (Å²) in [7, 11) is 0. The molecule has 0 heterocycles. The van der Waals surface area contributed by atoms with Crippen LogP contribution in [0, 0.1) is 5.92 Å². The van der Waals surface area contributed by atoms with Gasteiger partial charge in [0.25, 0.3) is 0 Å². The minimum atomic E-state index is -4.25. The van der Waals surface area contributed by atoms with Crippen LogP contribution < -0.4 is 10.6 Å². The Balaban J connectivity index is 3.93. The Bertz CT molecular complexity index is 293. The van der Waals surface area contributed by atoms with Crippen LogP contribution in [0.25, 0.3) is 0 Å². The molecule has 1 atom stereocenters. The van der Waals surface area contributed by atoms with Gasteiger partial charge in [0.05, 0.1) is 0 Å². The molecule has 0 radical (unpaired) electrons. The summed E-state index contributed by atoms with van der Waals surface area (Å²) in [6, 6.07) is -1.84. The minimum absolute atomic E-state index is 0.157. The zero-order valence-corrected chi connectivity index (χ0v) is 10.2. The maximum Gasteiger partial charge on any atom is 0.389 e. The molecule has 0 rings (SSSR count). The van der Waals surface area contributed by atoms with E-state index in [0.717, 1.165) is 0 Å². The first-order chi connectivity index (χ1) is 8.13. The van der Waals surface area contributed by atoms with Gasteiger partial charge in [0.1, 0.15) is 6.04 Å². The van der Waals surface area contributed by atoms with Crippen LogP contribution in [-0.2, 0) is 4.79 Å². The lowest BCUT2D eigenvalue weighted by molar-refractivity contribution is -0.140. The van der Waals surface area contributed by atoms with Gasteiger partial charge in [-0.15, -0.1) is 0 Å². The smallest absolute Gasteiger partial charge is 0.389 e. The van der Waals surface area contributed by atoms with E-state index in [-0.39, 0.29) is 18.9 Å².